The van der Waals surface area contributed by atoms with E-state index in [-0.39, 0.29) is 0 Å². The van der Waals surface area contributed by atoms with Crippen LogP contribution in [0, 0.1) is 0 Å². The highest BCUT2D eigenvalue weighted by Gasteiger charge is 2.19. The van der Waals surface area contributed by atoms with Crippen LogP contribution in [0.5, 0.6) is 17.2 Å². The Morgan fingerprint density at radius 1 is 1.05 bits per heavy atom. The number of esters is 1. The molecule has 0 aromatic heterocycles. The molecule has 0 fully saturated rings. The van der Waals surface area contributed by atoms with Crippen LogP contribution in [0.3, 0.4) is 0 Å². The van der Waals surface area contributed by atoms with Gasteiger partial charge in [0, 0.05) is 0 Å². The van der Waals surface area contributed by atoms with Gasteiger partial charge in [-0.15, -0.1) is 0 Å². The van der Waals surface area contributed by atoms with Crippen LogP contribution >= 0.6 is 0 Å². The smallest absolute Gasteiger partial charge is 0.318 e. The number of carbonyl (C=O) groups is 1. The Morgan fingerprint density at radius 2 is 1.67 bits per heavy atom. The normalized spacial score (nSPS) is 11.6. The summed E-state index contributed by atoms with van der Waals surface area (Å²) in [6, 6.07) is 13.5. The zero-order valence-electron chi connectivity index (χ0n) is 11.8. The molecule has 0 aliphatic carbocycles. The summed E-state index contributed by atoms with van der Waals surface area (Å²) in [6.07, 6.45) is 0. The Morgan fingerprint density at radius 3 is 2.24 bits per heavy atom. The first-order chi connectivity index (χ1) is 10.2. The summed E-state index contributed by atoms with van der Waals surface area (Å²) in [6.45, 7) is 1.74. The van der Waals surface area contributed by atoms with Gasteiger partial charge in [0.2, 0.25) is 0 Å². The van der Waals surface area contributed by atoms with Crippen molar-refractivity contribution in [2.75, 3.05) is 7.11 Å². The molecule has 2 aromatic carbocycles. The highest BCUT2D eigenvalue weighted by molar-refractivity contribution is 5.80. The van der Waals surface area contributed by atoms with Crippen LogP contribution in [0.4, 0.5) is 0 Å². The number of para-hydroxylation sites is 2. The maximum absolute atomic E-state index is 12.2. The van der Waals surface area contributed by atoms with Gasteiger partial charge in [0.15, 0.2) is 17.2 Å². The Hall–Kier alpha value is -2.53. The molecule has 5 heteroatoms. The van der Waals surface area contributed by atoms with E-state index in [1.165, 1.54) is 7.11 Å². The topological polar surface area (TPSA) is 65.0 Å². The lowest BCUT2D eigenvalue weighted by Gasteiger charge is -2.13. The maximum Gasteiger partial charge on any atom is 0.318 e. The van der Waals surface area contributed by atoms with Crippen molar-refractivity contribution in [3.05, 3.63) is 54.1 Å². The van der Waals surface area contributed by atoms with Crippen molar-refractivity contribution < 1.29 is 24.4 Å². The minimum absolute atomic E-state index is 0.309. The van der Waals surface area contributed by atoms with Crippen molar-refractivity contribution in [3.63, 3.8) is 0 Å². The molecule has 21 heavy (non-hydrogen) atoms. The fraction of sp³-hybridized carbons (Fsp3) is 0.188. The summed E-state index contributed by atoms with van der Waals surface area (Å²) in [7, 11) is 1.52. The van der Waals surface area contributed by atoms with Crippen LogP contribution in [0.1, 0.15) is 18.4 Å². The molecule has 0 amide bonds. The number of hydrogen-bond donors (Lipinski definition) is 1. The van der Waals surface area contributed by atoms with Crippen LogP contribution in [0.2, 0.25) is 0 Å². The van der Waals surface area contributed by atoms with Gasteiger partial charge in [-0.1, -0.05) is 24.3 Å². The fourth-order valence-corrected chi connectivity index (χ4v) is 1.85. The standard InChI is InChI=1S/C16H16O5/c1-11(12-7-9-13(21-18)10-8-12)16(17)20-15-6-4-3-5-14(15)19-2/h3-11,18H,1-2H3. The van der Waals surface area contributed by atoms with Crippen molar-refractivity contribution in [1.82, 2.24) is 0 Å². The largest absolute Gasteiger partial charge is 0.493 e. The molecule has 0 radical (unpaired) electrons. The van der Waals surface area contributed by atoms with E-state index in [9.17, 15) is 4.79 Å². The molecule has 2 rings (SSSR count). The van der Waals surface area contributed by atoms with Gasteiger partial charge in [-0.05, 0) is 36.8 Å². The molecule has 0 spiro atoms. The number of hydrogen-bond acceptors (Lipinski definition) is 5. The van der Waals surface area contributed by atoms with E-state index in [1.807, 2.05) is 0 Å². The van der Waals surface area contributed by atoms with Gasteiger partial charge in [-0.25, -0.2) is 5.26 Å². The molecule has 0 bridgehead atoms. The summed E-state index contributed by atoms with van der Waals surface area (Å²) >= 11 is 0. The van der Waals surface area contributed by atoms with Crippen LogP contribution in [0.15, 0.2) is 48.5 Å². The summed E-state index contributed by atoms with van der Waals surface area (Å²) < 4.78 is 10.5. The maximum atomic E-state index is 12.2. The molecule has 0 saturated heterocycles. The van der Waals surface area contributed by atoms with Crippen LogP contribution in [0.25, 0.3) is 0 Å². The molecule has 5 nitrogen and oxygen atoms in total. The average molecular weight is 288 g/mol. The minimum atomic E-state index is -0.456. The molecule has 0 saturated carbocycles. The molecular formula is C16H16O5. The monoisotopic (exact) mass is 288 g/mol. The molecule has 1 N–H and O–H groups in total. The van der Waals surface area contributed by atoms with Gasteiger partial charge >= 0.3 is 5.97 Å². The van der Waals surface area contributed by atoms with E-state index >= 15 is 0 Å². The zero-order valence-corrected chi connectivity index (χ0v) is 11.8. The lowest BCUT2D eigenvalue weighted by molar-refractivity contribution is -0.137. The predicted octanol–water partition coefficient (Wildman–Crippen LogP) is 3.26. The lowest BCUT2D eigenvalue weighted by Crippen LogP contribution is -2.16. The van der Waals surface area contributed by atoms with Gasteiger partial charge in [0.1, 0.15) is 0 Å². The average Bonchev–Trinajstić information content (AvgIpc) is 2.54. The van der Waals surface area contributed by atoms with E-state index < -0.39 is 11.9 Å². The van der Waals surface area contributed by atoms with Crippen LogP contribution in [-0.4, -0.2) is 18.3 Å². The molecule has 0 aliphatic heterocycles. The van der Waals surface area contributed by atoms with Crippen LogP contribution < -0.4 is 14.4 Å². The van der Waals surface area contributed by atoms with Gasteiger partial charge in [-0.3, -0.25) is 4.79 Å². The SMILES string of the molecule is COc1ccccc1OC(=O)C(C)c1ccc(OO)cc1. The Balaban J connectivity index is 2.11. The number of ether oxygens (including phenoxy) is 2. The third-order valence-electron chi connectivity index (χ3n) is 3.12. The van der Waals surface area contributed by atoms with E-state index in [1.54, 1.807) is 55.5 Å². The third-order valence-corrected chi connectivity index (χ3v) is 3.12. The van der Waals surface area contributed by atoms with Crippen molar-refractivity contribution in [3.8, 4) is 17.2 Å². The first-order valence-electron chi connectivity index (χ1n) is 6.41. The number of methoxy groups -OCH3 is 1. The number of carbonyl (C=O) groups excluding carboxylic acids is 1. The van der Waals surface area contributed by atoms with Gasteiger partial charge in [0.05, 0.1) is 13.0 Å². The Bertz CT molecular complexity index is 606. The molecule has 2 aromatic rings. The lowest BCUT2D eigenvalue weighted by atomic mass is 10.0. The minimum Gasteiger partial charge on any atom is -0.493 e. The highest BCUT2D eigenvalue weighted by Crippen LogP contribution is 2.28. The second kappa shape index (κ2) is 6.76. The molecule has 0 aliphatic rings. The molecule has 110 valence electrons. The van der Waals surface area contributed by atoms with E-state index in [2.05, 4.69) is 4.89 Å². The third kappa shape index (κ3) is 3.52. The number of rotatable bonds is 5. The first kappa shape index (κ1) is 14.9. The van der Waals surface area contributed by atoms with E-state index in [4.69, 9.17) is 14.7 Å². The Labute approximate surface area is 122 Å². The van der Waals surface area contributed by atoms with Gasteiger partial charge < -0.3 is 14.4 Å². The predicted molar refractivity (Wildman–Crippen MR) is 76.7 cm³/mol. The van der Waals surface area contributed by atoms with Crippen molar-refractivity contribution >= 4 is 5.97 Å². The highest BCUT2D eigenvalue weighted by atomic mass is 17.1. The molecule has 1 atom stereocenters. The molecule has 0 heterocycles. The van der Waals surface area contributed by atoms with E-state index in [0.717, 1.165) is 5.56 Å². The quantitative estimate of drug-likeness (QED) is 0.396. The number of benzene rings is 2. The first-order valence-corrected chi connectivity index (χ1v) is 6.41. The fourth-order valence-electron chi connectivity index (χ4n) is 1.85. The van der Waals surface area contributed by atoms with Crippen molar-refractivity contribution in [1.29, 1.82) is 0 Å². The Kier molecular flexibility index (Phi) is 4.79. The van der Waals surface area contributed by atoms with E-state index in [0.29, 0.717) is 17.2 Å². The van der Waals surface area contributed by atoms with Crippen molar-refractivity contribution in [2.24, 2.45) is 0 Å². The second-order valence-corrected chi connectivity index (χ2v) is 4.45. The van der Waals surface area contributed by atoms with Crippen LogP contribution in [-0.2, 0) is 4.79 Å². The van der Waals surface area contributed by atoms with Crippen molar-refractivity contribution in [2.45, 2.75) is 12.8 Å². The summed E-state index contributed by atoms with van der Waals surface area (Å²) in [5, 5.41) is 8.52. The van der Waals surface area contributed by atoms with Gasteiger partial charge in [-0.2, -0.15) is 0 Å². The molecule has 1 unspecified atom stereocenters. The summed E-state index contributed by atoms with van der Waals surface area (Å²) in [4.78, 5) is 16.3. The van der Waals surface area contributed by atoms with Gasteiger partial charge in [0.25, 0.3) is 0 Å². The molecular weight excluding hydrogens is 272 g/mol. The summed E-state index contributed by atoms with van der Waals surface area (Å²) in [5.74, 6) is 0.345. The second-order valence-electron chi connectivity index (χ2n) is 4.45. The zero-order chi connectivity index (χ0) is 15.2. The summed E-state index contributed by atoms with van der Waals surface area (Å²) in [5.41, 5.74) is 0.760.